The molecule has 1 aromatic carbocycles. The predicted octanol–water partition coefficient (Wildman–Crippen LogP) is 0.536. The first kappa shape index (κ1) is 13.4. The van der Waals surface area contributed by atoms with Gasteiger partial charge in [0.2, 0.25) is 5.91 Å². The summed E-state index contributed by atoms with van der Waals surface area (Å²) in [5.41, 5.74) is 0.245. The number of thiocarbonyl (C=S) groups is 1. The fourth-order valence-corrected chi connectivity index (χ4v) is 1.48. The summed E-state index contributed by atoms with van der Waals surface area (Å²) in [5, 5.41) is 15.9. The van der Waals surface area contributed by atoms with E-state index in [4.69, 9.17) is 23.8 Å². The number of nitrogens with one attached hydrogen (secondary N) is 2. The number of rotatable bonds is 2. The van der Waals surface area contributed by atoms with Crippen LogP contribution in [0.25, 0.3) is 0 Å². The number of hydrogen-bond acceptors (Lipinski definition) is 4. The second-order valence-electron chi connectivity index (χ2n) is 3.12. The van der Waals surface area contributed by atoms with Crippen molar-refractivity contribution >= 4 is 46.5 Å². The lowest BCUT2D eigenvalue weighted by molar-refractivity contribution is -0.255. The van der Waals surface area contributed by atoms with E-state index >= 15 is 0 Å². The SMILES string of the molecule is CC(=O)NC(=S)Nc1cc(C(=O)[O-])ccc1Cl. The van der Waals surface area contributed by atoms with E-state index in [2.05, 4.69) is 10.6 Å². The van der Waals surface area contributed by atoms with E-state index in [1.807, 2.05) is 0 Å². The maximum atomic E-state index is 10.7. The number of carboxylic acids is 1. The molecule has 0 aliphatic rings. The highest BCUT2D eigenvalue weighted by atomic mass is 35.5. The second-order valence-corrected chi connectivity index (χ2v) is 3.93. The van der Waals surface area contributed by atoms with Gasteiger partial charge in [0.1, 0.15) is 0 Å². The zero-order valence-corrected chi connectivity index (χ0v) is 10.3. The molecular weight excluding hydrogens is 264 g/mol. The molecule has 0 saturated carbocycles. The number of anilines is 1. The van der Waals surface area contributed by atoms with Gasteiger partial charge in [0, 0.05) is 6.92 Å². The van der Waals surface area contributed by atoms with Crippen molar-refractivity contribution in [3.63, 3.8) is 0 Å². The smallest absolute Gasteiger partial charge is 0.222 e. The minimum atomic E-state index is -1.32. The Morgan fingerprint density at radius 3 is 2.59 bits per heavy atom. The largest absolute Gasteiger partial charge is 0.545 e. The first-order valence-corrected chi connectivity index (χ1v) is 5.28. The number of halogens is 1. The van der Waals surface area contributed by atoms with Crippen LogP contribution in [0.1, 0.15) is 17.3 Å². The van der Waals surface area contributed by atoms with Crippen molar-refractivity contribution in [3.05, 3.63) is 28.8 Å². The molecule has 1 aromatic rings. The van der Waals surface area contributed by atoms with Gasteiger partial charge >= 0.3 is 0 Å². The molecule has 0 aliphatic heterocycles. The first-order chi connectivity index (χ1) is 7.90. The molecule has 7 heteroatoms. The molecule has 0 unspecified atom stereocenters. The van der Waals surface area contributed by atoms with Crippen molar-refractivity contribution in [1.82, 2.24) is 5.32 Å². The lowest BCUT2D eigenvalue weighted by Crippen LogP contribution is -2.32. The fraction of sp³-hybridized carbons (Fsp3) is 0.100. The van der Waals surface area contributed by atoms with Gasteiger partial charge in [-0.15, -0.1) is 0 Å². The van der Waals surface area contributed by atoms with Gasteiger partial charge in [-0.1, -0.05) is 17.7 Å². The molecule has 0 radical (unpaired) electrons. The molecule has 0 aliphatic carbocycles. The second kappa shape index (κ2) is 5.60. The van der Waals surface area contributed by atoms with Crippen molar-refractivity contribution in [2.24, 2.45) is 0 Å². The number of benzene rings is 1. The molecule has 2 N–H and O–H groups in total. The molecule has 0 aromatic heterocycles. The van der Waals surface area contributed by atoms with Crippen LogP contribution >= 0.6 is 23.8 Å². The maximum Gasteiger partial charge on any atom is 0.222 e. The van der Waals surface area contributed by atoms with Crippen molar-refractivity contribution in [2.45, 2.75) is 6.92 Å². The van der Waals surface area contributed by atoms with Crippen molar-refractivity contribution in [3.8, 4) is 0 Å². The third kappa shape index (κ3) is 4.01. The van der Waals surface area contributed by atoms with E-state index in [0.717, 1.165) is 0 Å². The molecular formula is C10H8ClN2O3S-. The van der Waals surface area contributed by atoms with Gasteiger partial charge in [0.25, 0.3) is 0 Å². The number of aromatic carboxylic acids is 1. The van der Waals surface area contributed by atoms with Gasteiger partial charge in [-0.25, -0.2) is 0 Å². The van der Waals surface area contributed by atoms with Crippen LogP contribution in [-0.2, 0) is 4.79 Å². The van der Waals surface area contributed by atoms with Gasteiger partial charge in [-0.2, -0.15) is 0 Å². The van der Waals surface area contributed by atoms with Gasteiger partial charge < -0.3 is 20.5 Å². The summed E-state index contributed by atoms with van der Waals surface area (Å²) in [7, 11) is 0. The Morgan fingerprint density at radius 1 is 1.41 bits per heavy atom. The molecule has 1 rings (SSSR count). The van der Waals surface area contributed by atoms with E-state index in [9.17, 15) is 14.7 Å². The Hall–Kier alpha value is -1.66. The van der Waals surface area contributed by atoms with Crippen molar-refractivity contribution < 1.29 is 14.7 Å². The van der Waals surface area contributed by atoms with E-state index < -0.39 is 5.97 Å². The van der Waals surface area contributed by atoms with Crippen LogP contribution in [0, 0.1) is 0 Å². The molecule has 0 saturated heterocycles. The topological polar surface area (TPSA) is 81.3 Å². The number of amides is 1. The number of hydrogen-bond donors (Lipinski definition) is 2. The van der Waals surface area contributed by atoms with Crippen LogP contribution in [0.4, 0.5) is 5.69 Å². The standard InChI is InChI=1S/C10H9ClN2O3S/c1-5(14)12-10(17)13-8-4-6(9(15)16)2-3-7(8)11/h2-4H,1H3,(H,15,16)(H2,12,13,14,17)/p-1. The Bertz CT molecular complexity index is 490. The highest BCUT2D eigenvalue weighted by molar-refractivity contribution is 7.80. The van der Waals surface area contributed by atoms with Gasteiger partial charge in [-0.05, 0) is 29.9 Å². The van der Waals surface area contributed by atoms with Crippen LogP contribution in [-0.4, -0.2) is 17.0 Å². The minimum absolute atomic E-state index is 0.0369. The van der Waals surface area contributed by atoms with Crippen LogP contribution < -0.4 is 15.7 Å². The van der Waals surface area contributed by atoms with Crippen molar-refractivity contribution in [1.29, 1.82) is 0 Å². The lowest BCUT2D eigenvalue weighted by atomic mass is 10.2. The zero-order valence-electron chi connectivity index (χ0n) is 8.74. The van der Waals surface area contributed by atoms with Crippen LogP contribution in [0.15, 0.2) is 18.2 Å². The van der Waals surface area contributed by atoms with Crippen LogP contribution in [0.3, 0.4) is 0 Å². The fourth-order valence-electron chi connectivity index (χ4n) is 1.06. The zero-order chi connectivity index (χ0) is 13.0. The summed E-state index contributed by atoms with van der Waals surface area (Å²) in [6.07, 6.45) is 0. The molecule has 0 fully saturated rings. The summed E-state index contributed by atoms with van der Waals surface area (Å²) in [6, 6.07) is 3.97. The van der Waals surface area contributed by atoms with Crippen LogP contribution in [0.5, 0.6) is 0 Å². The molecule has 1 amide bonds. The summed E-state index contributed by atoms with van der Waals surface area (Å²) in [5.74, 6) is -1.66. The molecule has 17 heavy (non-hydrogen) atoms. The summed E-state index contributed by atoms with van der Waals surface area (Å²) in [4.78, 5) is 21.4. The van der Waals surface area contributed by atoms with Gasteiger partial charge in [0.05, 0.1) is 16.7 Å². The number of carbonyl (C=O) groups is 2. The number of carboxylic acid groups (broad SMARTS) is 1. The van der Waals surface area contributed by atoms with E-state index in [1.54, 1.807) is 0 Å². The summed E-state index contributed by atoms with van der Waals surface area (Å²) in [6.45, 7) is 1.30. The average Bonchev–Trinajstić information content (AvgIpc) is 2.19. The molecule has 90 valence electrons. The monoisotopic (exact) mass is 271 g/mol. The molecule has 0 bridgehead atoms. The predicted molar refractivity (Wildman–Crippen MR) is 65.8 cm³/mol. The molecule has 0 atom stereocenters. The Kier molecular flexibility index (Phi) is 4.42. The summed E-state index contributed by atoms with van der Waals surface area (Å²) >= 11 is 10.6. The first-order valence-electron chi connectivity index (χ1n) is 4.49. The quantitative estimate of drug-likeness (QED) is 0.767. The highest BCUT2D eigenvalue weighted by Crippen LogP contribution is 2.22. The Labute approximate surface area is 108 Å². The maximum absolute atomic E-state index is 10.7. The van der Waals surface area contributed by atoms with Crippen LogP contribution in [0.2, 0.25) is 5.02 Å². The normalized spacial score (nSPS) is 9.53. The molecule has 5 nitrogen and oxygen atoms in total. The number of carbonyl (C=O) groups excluding carboxylic acids is 2. The molecule has 0 spiro atoms. The summed E-state index contributed by atoms with van der Waals surface area (Å²) < 4.78 is 0. The third-order valence-corrected chi connectivity index (χ3v) is 2.27. The van der Waals surface area contributed by atoms with E-state index in [-0.39, 0.29) is 27.3 Å². The highest BCUT2D eigenvalue weighted by Gasteiger charge is 2.05. The van der Waals surface area contributed by atoms with Crippen molar-refractivity contribution in [2.75, 3.05) is 5.32 Å². The third-order valence-electron chi connectivity index (χ3n) is 1.74. The van der Waals surface area contributed by atoms with E-state index in [0.29, 0.717) is 0 Å². The Morgan fingerprint density at radius 2 is 2.06 bits per heavy atom. The molecule has 0 heterocycles. The minimum Gasteiger partial charge on any atom is -0.545 e. The van der Waals surface area contributed by atoms with Gasteiger partial charge in [0.15, 0.2) is 5.11 Å². The average molecular weight is 272 g/mol. The Balaban J connectivity index is 2.90. The van der Waals surface area contributed by atoms with E-state index in [1.165, 1.54) is 25.1 Å². The lowest BCUT2D eigenvalue weighted by Gasteiger charge is -2.11. The van der Waals surface area contributed by atoms with Gasteiger partial charge in [-0.3, -0.25) is 4.79 Å².